The van der Waals surface area contributed by atoms with Crippen LogP contribution in [0.3, 0.4) is 0 Å². The molecule has 7 nitrogen and oxygen atoms in total. The molecule has 4 rings (SSSR count). The maximum Gasteiger partial charge on any atom is 0.346 e. The Balaban J connectivity index is 1.54. The van der Waals surface area contributed by atoms with Gasteiger partial charge in [0.1, 0.15) is 6.33 Å². The van der Waals surface area contributed by atoms with Crippen molar-refractivity contribution in [2.75, 3.05) is 13.1 Å². The second kappa shape index (κ2) is 8.33. The Morgan fingerprint density at radius 1 is 1.23 bits per heavy atom. The normalized spacial score (nSPS) is 13.1. The number of benzene rings is 1. The first kappa shape index (κ1) is 20.2. The topological polar surface area (TPSA) is 94.9 Å². The van der Waals surface area contributed by atoms with E-state index >= 15 is 0 Å². The molecule has 156 valence electrons. The van der Waals surface area contributed by atoms with Crippen LogP contribution in [0.1, 0.15) is 20.8 Å². The third kappa shape index (κ3) is 3.96. The quantitative estimate of drug-likeness (QED) is 0.626. The van der Waals surface area contributed by atoms with Gasteiger partial charge in [0.15, 0.2) is 0 Å². The number of thiophene rings is 1. The van der Waals surface area contributed by atoms with E-state index in [0.717, 1.165) is 32.0 Å². The van der Waals surface area contributed by atoms with E-state index in [1.165, 1.54) is 22.2 Å². The molecule has 0 atom stereocenters. The standard InChI is InChI=1S/C20H19F2N5O2S/c21-18(22)14(8-23)9-27-20(29)26(11-25-27)10-15-3-4-17(30-15)13-2-1-12-5-6-24-19(28)16(12)7-13/h1-4,7,11H,5-6,8-10,23H2,(H,24,28). The van der Waals surface area contributed by atoms with Gasteiger partial charge in [-0.05, 0) is 35.7 Å². The highest BCUT2D eigenvalue weighted by molar-refractivity contribution is 7.15. The molecule has 1 aliphatic heterocycles. The van der Waals surface area contributed by atoms with Gasteiger partial charge in [0.2, 0.25) is 0 Å². The van der Waals surface area contributed by atoms with E-state index in [0.29, 0.717) is 12.1 Å². The summed E-state index contributed by atoms with van der Waals surface area (Å²) in [5.41, 5.74) is 7.15. The van der Waals surface area contributed by atoms with Crippen molar-refractivity contribution in [2.45, 2.75) is 19.5 Å². The van der Waals surface area contributed by atoms with Crippen LogP contribution >= 0.6 is 11.3 Å². The average Bonchev–Trinajstić information content (AvgIpc) is 3.34. The molecule has 0 saturated heterocycles. The molecule has 1 aromatic carbocycles. The SMILES string of the molecule is NCC(Cn1ncn(Cc2ccc(-c3ccc4c(c3)C(=O)NCC4)s2)c1=O)=C(F)F. The number of hydrogen-bond donors (Lipinski definition) is 2. The molecule has 0 radical (unpaired) electrons. The second-order valence-corrected chi connectivity index (χ2v) is 8.08. The highest BCUT2D eigenvalue weighted by Crippen LogP contribution is 2.30. The van der Waals surface area contributed by atoms with E-state index in [1.807, 2.05) is 30.3 Å². The lowest BCUT2D eigenvalue weighted by Crippen LogP contribution is -2.31. The Bertz CT molecular complexity index is 1190. The lowest BCUT2D eigenvalue weighted by atomic mass is 9.97. The first-order chi connectivity index (χ1) is 14.5. The molecule has 3 aromatic rings. The number of nitrogens with two attached hydrogens (primary N) is 1. The highest BCUT2D eigenvalue weighted by Gasteiger charge is 2.18. The van der Waals surface area contributed by atoms with Gasteiger partial charge in [-0.15, -0.1) is 11.3 Å². The number of nitrogens with one attached hydrogen (secondary N) is 1. The third-order valence-electron chi connectivity index (χ3n) is 4.96. The van der Waals surface area contributed by atoms with Crippen LogP contribution in [0, 0.1) is 0 Å². The molecule has 3 heterocycles. The molecule has 10 heteroatoms. The summed E-state index contributed by atoms with van der Waals surface area (Å²) in [5.74, 6) is -0.0653. The summed E-state index contributed by atoms with van der Waals surface area (Å²) in [7, 11) is 0. The zero-order valence-electron chi connectivity index (χ0n) is 15.9. The van der Waals surface area contributed by atoms with Gasteiger partial charge in [-0.1, -0.05) is 12.1 Å². The number of halogens is 2. The average molecular weight is 431 g/mol. The van der Waals surface area contributed by atoms with E-state index in [1.54, 1.807) is 0 Å². The number of aromatic nitrogens is 3. The van der Waals surface area contributed by atoms with Gasteiger partial charge in [-0.2, -0.15) is 13.9 Å². The molecule has 30 heavy (non-hydrogen) atoms. The molecule has 1 aliphatic rings. The Morgan fingerprint density at radius 3 is 2.83 bits per heavy atom. The second-order valence-electron chi connectivity index (χ2n) is 6.91. The van der Waals surface area contributed by atoms with Gasteiger partial charge < -0.3 is 11.1 Å². The number of carbonyl (C=O) groups is 1. The smallest absolute Gasteiger partial charge is 0.346 e. The fraction of sp³-hybridized carbons (Fsp3) is 0.250. The van der Waals surface area contributed by atoms with Crippen LogP contribution in [0.25, 0.3) is 10.4 Å². The molecule has 0 fully saturated rings. The summed E-state index contributed by atoms with van der Waals surface area (Å²) in [6, 6.07) is 9.69. The summed E-state index contributed by atoms with van der Waals surface area (Å²) in [5, 5.41) is 6.75. The van der Waals surface area contributed by atoms with E-state index in [2.05, 4.69) is 10.4 Å². The minimum atomic E-state index is -1.89. The Labute approximate surface area is 174 Å². The van der Waals surface area contributed by atoms with E-state index < -0.39 is 11.8 Å². The molecule has 2 aromatic heterocycles. The molecule has 1 amide bonds. The van der Waals surface area contributed by atoms with Crippen molar-refractivity contribution < 1.29 is 13.6 Å². The molecular formula is C20H19F2N5O2S. The first-order valence-corrected chi connectivity index (χ1v) is 10.1. The summed E-state index contributed by atoms with van der Waals surface area (Å²) in [4.78, 5) is 26.4. The molecular weight excluding hydrogens is 412 g/mol. The number of fused-ring (bicyclic) bond motifs is 1. The van der Waals surface area contributed by atoms with E-state index in [9.17, 15) is 18.4 Å². The summed E-state index contributed by atoms with van der Waals surface area (Å²) in [6.07, 6.45) is 0.257. The highest BCUT2D eigenvalue weighted by atomic mass is 32.1. The number of hydrogen-bond acceptors (Lipinski definition) is 5. The van der Waals surface area contributed by atoms with Gasteiger partial charge in [0.25, 0.3) is 12.0 Å². The van der Waals surface area contributed by atoms with Gasteiger partial charge in [-0.3, -0.25) is 9.36 Å². The van der Waals surface area contributed by atoms with Crippen molar-refractivity contribution in [3.8, 4) is 10.4 Å². The summed E-state index contributed by atoms with van der Waals surface area (Å²) < 4.78 is 27.9. The number of amides is 1. The minimum absolute atomic E-state index is 0.0653. The van der Waals surface area contributed by atoms with E-state index in [4.69, 9.17) is 5.73 Å². The molecule has 0 saturated carbocycles. The maximum atomic E-state index is 12.8. The molecule has 3 N–H and O–H groups in total. The molecule has 0 spiro atoms. The third-order valence-corrected chi connectivity index (χ3v) is 6.08. The van der Waals surface area contributed by atoms with Crippen molar-refractivity contribution >= 4 is 17.2 Å². The van der Waals surface area contributed by atoms with Gasteiger partial charge in [-0.25, -0.2) is 9.48 Å². The van der Waals surface area contributed by atoms with Crippen LogP contribution in [0.15, 0.2) is 53.1 Å². The number of carbonyl (C=O) groups excluding carboxylic acids is 1. The first-order valence-electron chi connectivity index (χ1n) is 9.32. The largest absolute Gasteiger partial charge is 0.352 e. The van der Waals surface area contributed by atoms with Crippen molar-refractivity contribution in [3.05, 3.63) is 74.8 Å². The van der Waals surface area contributed by atoms with Crippen LogP contribution in [0.5, 0.6) is 0 Å². The van der Waals surface area contributed by atoms with Crippen LogP contribution in [-0.2, 0) is 19.5 Å². The summed E-state index contributed by atoms with van der Waals surface area (Å²) in [6.45, 7) is 0.248. The van der Waals surface area contributed by atoms with Gasteiger partial charge in [0, 0.05) is 34.0 Å². The zero-order chi connectivity index (χ0) is 21.3. The maximum absolute atomic E-state index is 12.8. The van der Waals surface area contributed by atoms with Gasteiger partial charge >= 0.3 is 5.69 Å². The minimum Gasteiger partial charge on any atom is -0.352 e. The van der Waals surface area contributed by atoms with Crippen LogP contribution in [0.2, 0.25) is 0 Å². The monoisotopic (exact) mass is 431 g/mol. The fourth-order valence-corrected chi connectivity index (χ4v) is 4.32. The van der Waals surface area contributed by atoms with Crippen LogP contribution < -0.4 is 16.7 Å². The van der Waals surface area contributed by atoms with Crippen molar-refractivity contribution in [3.63, 3.8) is 0 Å². The molecule has 0 unspecified atom stereocenters. The molecule has 0 aliphatic carbocycles. The predicted octanol–water partition coefficient (Wildman–Crippen LogP) is 2.22. The molecule has 0 bridgehead atoms. The van der Waals surface area contributed by atoms with Crippen molar-refractivity contribution in [1.82, 2.24) is 19.7 Å². The number of rotatable bonds is 6. The lowest BCUT2D eigenvalue weighted by Gasteiger charge is -2.16. The van der Waals surface area contributed by atoms with Crippen molar-refractivity contribution in [1.29, 1.82) is 0 Å². The number of nitrogens with zero attached hydrogens (tertiary/aromatic N) is 3. The van der Waals surface area contributed by atoms with E-state index in [-0.39, 0.29) is 31.1 Å². The Hall–Kier alpha value is -3.11. The van der Waals surface area contributed by atoms with Crippen molar-refractivity contribution in [2.24, 2.45) is 5.73 Å². The zero-order valence-corrected chi connectivity index (χ0v) is 16.7. The van der Waals surface area contributed by atoms with Crippen LogP contribution in [0.4, 0.5) is 8.78 Å². The predicted molar refractivity (Wildman–Crippen MR) is 110 cm³/mol. The summed E-state index contributed by atoms with van der Waals surface area (Å²) >= 11 is 1.50. The fourth-order valence-electron chi connectivity index (χ4n) is 3.32. The van der Waals surface area contributed by atoms with Crippen LogP contribution in [-0.4, -0.2) is 33.3 Å². The Morgan fingerprint density at radius 2 is 2.07 bits per heavy atom. The van der Waals surface area contributed by atoms with Gasteiger partial charge in [0.05, 0.1) is 13.1 Å². The Kier molecular flexibility index (Phi) is 5.60. The lowest BCUT2D eigenvalue weighted by molar-refractivity contribution is 0.0946.